The van der Waals surface area contributed by atoms with E-state index in [1.54, 1.807) is 32.3 Å². The summed E-state index contributed by atoms with van der Waals surface area (Å²) in [6.07, 6.45) is 3.34. The predicted octanol–water partition coefficient (Wildman–Crippen LogP) is 0.546. The largest absolute Gasteiger partial charge is 0.528 e. The maximum Gasteiger partial charge on any atom is 0.528 e. The average molecular weight is 406 g/mol. The molecule has 0 radical (unpaired) electrons. The molecule has 0 saturated carbocycles. The van der Waals surface area contributed by atoms with E-state index in [2.05, 4.69) is 10.2 Å². The highest BCUT2D eigenvalue weighted by atomic mass is 16.2. The quantitative estimate of drug-likeness (QED) is 0.597. The van der Waals surface area contributed by atoms with Gasteiger partial charge in [0.15, 0.2) is 0 Å². The topological polar surface area (TPSA) is 72.5 Å². The van der Waals surface area contributed by atoms with Crippen molar-refractivity contribution in [3.63, 3.8) is 0 Å². The van der Waals surface area contributed by atoms with Crippen LogP contribution in [0, 0.1) is 6.92 Å². The van der Waals surface area contributed by atoms with Crippen LogP contribution in [0.1, 0.15) is 35.2 Å². The molecular weight excluding hydrogens is 380 g/mol. The average Bonchev–Trinajstić information content (AvgIpc) is 2.77. The lowest BCUT2D eigenvalue weighted by molar-refractivity contribution is -0.141. The molecule has 0 bridgehead atoms. The fourth-order valence-electron chi connectivity index (χ4n) is 4.00. The van der Waals surface area contributed by atoms with Crippen LogP contribution < -0.4 is 30.1 Å². The molecule has 7 nitrogen and oxygen atoms in total. The summed E-state index contributed by atoms with van der Waals surface area (Å²) in [5.74, 6) is -1.36. The molecule has 2 heterocycles. The molecule has 0 spiro atoms. The molecule has 1 saturated heterocycles. The first-order valence-electron chi connectivity index (χ1n) is 10.2. The van der Waals surface area contributed by atoms with E-state index in [1.807, 2.05) is 25.1 Å². The van der Waals surface area contributed by atoms with E-state index in [-0.39, 0.29) is 5.91 Å². The van der Waals surface area contributed by atoms with E-state index in [9.17, 15) is 14.4 Å². The van der Waals surface area contributed by atoms with Crippen LogP contribution in [0.2, 0.25) is 0 Å². The zero-order chi connectivity index (χ0) is 21.4. The highest BCUT2D eigenvalue weighted by Crippen LogP contribution is 2.26. The Hall–Kier alpha value is -3.35. The molecule has 2 aliphatic rings. The number of nitrogens with zero attached hydrogens (tertiary/aromatic N) is 3. The molecule has 4 rings (SSSR count). The standard InChI is InChI=1S/C23H25N4O3/c1-15-7-9-16(10-8-15)21(28)24-17-13-19-20(26(3)23(30)22(29)25(19)2)14-18(17)27-11-5-4-6-12-27/h7-10,13-14H,4-6,11-12H2,1-3H3/q+1/p+1. The highest BCUT2D eigenvalue weighted by molar-refractivity contribution is 6.36. The Labute approximate surface area is 174 Å². The summed E-state index contributed by atoms with van der Waals surface area (Å²) in [5, 5.41) is 4.30. The smallest absolute Gasteiger partial charge is 0.370 e. The first-order valence-corrected chi connectivity index (χ1v) is 10.2. The lowest BCUT2D eigenvalue weighted by Gasteiger charge is -2.30. The van der Waals surface area contributed by atoms with Crippen LogP contribution in [0.5, 0.6) is 0 Å². The third-order valence-corrected chi connectivity index (χ3v) is 5.87. The van der Waals surface area contributed by atoms with Crippen molar-refractivity contribution in [1.82, 2.24) is 9.15 Å². The van der Waals surface area contributed by atoms with E-state index in [0.717, 1.165) is 37.2 Å². The predicted molar refractivity (Wildman–Crippen MR) is 115 cm³/mol. The van der Waals surface area contributed by atoms with Crippen LogP contribution in [-0.4, -0.2) is 44.9 Å². The second-order valence-corrected chi connectivity index (χ2v) is 7.95. The van der Waals surface area contributed by atoms with Gasteiger partial charge in [-0.25, -0.2) is 9.59 Å². The summed E-state index contributed by atoms with van der Waals surface area (Å²) in [6, 6.07) is 11.1. The van der Waals surface area contributed by atoms with Crippen LogP contribution in [0.25, 0.3) is 0 Å². The van der Waals surface area contributed by atoms with Crippen LogP contribution >= 0.6 is 0 Å². The number of aryl methyl sites for hydroxylation is 1. The normalized spacial score (nSPS) is 16.6. The number of rotatable bonds is 3. The van der Waals surface area contributed by atoms with Crippen molar-refractivity contribution >= 4 is 29.1 Å². The van der Waals surface area contributed by atoms with Crippen molar-refractivity contribution in [2.75, 3.05) is 37.4 Å². The maximum absolute atomic E-state index is 12.9. The molecule has 2 aromatic rings. The number of carbonyl (C=O) groups excluding carboxylic acids is 3. The van der Waals surface area contributed by atoms with Crippen molar-refractivity contribution < 1.29 is 14.4 Å². The molecule has 2 aromatic carbocycles. The Kier molecular flexibility index (Phi) is 5.20. The molecular formula is C23H26N4O3+2. The van der Waals surface area contributed by atoms with Gasteiger partial charge in [0, 0.05) is 30.8 Å². The SMILES string of the molecule is Cc1ccc(C(=O)Nc2cc3c(cc2N2CCCCC2)=[N+](C)C(=O)C(=O)[N+]=3C)cc1. The van der Waals surface area contributed by atoms with Gasteiger partial charge in [0.25, 0.3) is 16.6 Å². The summed E-state index contributed by atoms with van der Waals surface area (Å²) in [5.41, 5.74) is 3.17. The molecule has 154 valence electrons. The first kappa shape index (κ1) is 19.9. The van der Waals surface area contributed by atoms with Gasteiger partial charge in [-0.1, -0.05) is 17.7 Å². The van der Waals surface area contributed by atoms with Gasteiger partial charge in [0.2, 0.25) is 0 Å². The van der Waals surface area contributed by atoms with Crippen LogP contribution in [-0.2, 0) is 9.59 Å². The molecule has 0 aliphatic carbocycles. The monoisotopic (exact) mass is 406 g/mol. The summed E-state index contributed by atoms with van der Waals surface area (Å²) in [4.78, 5) is 39.8. The van der Waals surface area contributed by atoms with Crippen LogP contribution in [0.15, 0.2) is 36.4 Å². The van der Waals surface area contributed by atoms with Gasteiger partial charge in [-0.2, -0.15) is 0 Å². The molecule has 2 aliphatic heterocycles. The number of nitrogens with one attached hydrogen (secondary N) is 1. The highest BCUT2D eigenvalue weighted by Gasteiger charge is 2.39. The van der Waals surface area contributed by atoms with Gasteiger partial charge in [-0.05, 0) is 38.3 Å². The number of benzene rings is 2. The second-order valence-electron chi connectivity index (χ2n) is 7.95. The molecule has 0 unspecified atom stereocenters. The van der Waals surface area contributed by atoms with E-state index in [1.165, 1.54) is 15.6 Å². The molecule has 1 N–H and O–H groups in total. The molecule has 30 heavy (non-hydrogen) atoms. The zero-order valence-corrected chi connectivity index (χ0v) is 17.6. The van der Waals surface area contributed by atoms with Crippen molar-refractivity contribution in [1.29, 1.82) is 0 Å². The van der Waals surface area contributed by atoms with Gasteiger partial charge in [0.1, 0.15) is 14.1 Å². The fraction of sp³-hybridized carbons (Fsp3) is 0.348. The van der Waals surface area contributed by atoms with E-state index < -0.39 is 11.8 Å². The lowest BCUT2D eigenvalue weighted by Crippen LogP contribution is -2.58. The summed E-state index contributed by atoms with van der Waals surface area (Å²) < 4.78 is 2.73. The minimum Gasteiger partial charge on any atom is -0.370 e. The van der Waals surface area contributed by atoms with Gasteiger partial charge >= 0.3 is 11.8 Å². The Morgan fingerprint density at radius 1 is 0.900 bits per heavy atom. The number of hydrogen-bond acceptors (Lipinski definition) is 4. The van der Waals surface area contributed by atoms with Gasteiger partial charge < -0.3 is 10.2 Å². The number of fused-ring (bicyclic) bond motifs is 1. The molecule has 1 fully saturated rings. The minimum atomic E-state index is -0.591. The number of likely N-dealkylation sites (N-methyl/N-ethyl adjacent to an activating group) is 2. The van der Waals surface area contributed by atoms with Crippen LogP contribution in [0.4, 0.5) is 11.4 Å². The van der Waals surface area contributed by atoms with Gasteiger partial charge in [-0.15, -0.1) is 9.15 Å². The third kappa shape index (κ3) is 3.51. The summed E-state index contributed by atoms with van der Waals surface area (Å²) >= 11 is 0. The molecule has 0 aromatic heterocycles. The van der Waals surface area contributed by atoms with Crippen molar-refractivity contribution in [3.05, 3.63) is 58.2 Å². The van der Waals surface area contributed by atoms with Crippen molar-refractivity contribution in [2.24, 2.45) is 0 Å². The van der Waals surface area contributed by atoms with E-state index >= 15 is 0 Å². The van der Waals surface area contributed by atoms with E-state index in [4.69, 9.17) is 0 Å². The Morgan fingerprint density at radius 2 is 1.47 bits per heavy atom. The number of anilines is 2. The number of piperidine rings is 1. The minimum absolute atomic E-state index is 0.206. The second kappa shape index (κ2) is 7.82. The Morgan fingerprint density at radius 3 is 2.07 bits per heavy atom. The van der Waals surface area contributed by atoms with Crippen LogP contribution in [0.3, 0.4) is 0 Å². The zero-order valence-electron chi connectivity index (χ0n) is 17.6. The number of carbonyl (C=O) groups is 3. The number of hydrogen-bond donors (Lipinski definition) is 1. The van der Waals surface area contributed by atoms with Gasteiger partial charge in [0.05, 0.1) is 11.4 Å². The third-order valence-electron chi connectivity index (χ3n) is 5.87. The lowest BCUT2D eigenvalue weighted by atomic mass is 10.1. The van der Waals surface area contributed by atoms with Gasteiger partial charge in [-0.3, -0.25) is 4.79 Å². The van der Waals surface area contributed by atoms with E-state index in [0.29, 0.717) is 22.0 Å². The van der Waals surface area contributed by atoms with Crippen molar-refractivity contribution in [2.45, 2.75) is 26.2 Å². The Balaban J connectivity index is 1.86. The Bertz CT molecular complexity index is 1180. The maximum atomic E-state index is 12.9. The van der Waals surface area contributed by atoms with Crippen molar-refractivity contribution in [3.8, 4) is 0 Å². The summed E-state index contributed by atoms with van der Waals surface area (Å²) in [7, 11) is 3.19. The summed E-state index contributed by atoms with van der Waals surface area (Å²) in [6.45, 7) is 3.75. The fourth-order valence-corrected chi connectivity index (χ4v) is 4.00. The first-order chi connectivity index (χ1) is 14.4. The molecule has 7 heteroatoms. The number of amides is 3. The molecule has 0 atom stereocenters. The molecule has 3 amide bonds.